The van der Waals surface area contributed by atoms with E-state index in [4.69, 9.17) is 4.74 Å². The van der Waals surface area contributed by atoms with Crippen molar-refractivity contribution >= 4 is 15.9 Å². The highest BCUT2D eigenvalue weighted by atomic mass is 79.9. The van der Waals surface area contributed by atoms with Crippen molar-refractivity contribution in [3.63, 3.8) is 0 Å². The highest BCUT2D eigenvalue weighted by Gasteiger charge is 2.07. The fraction of sp³-hybridized carbons (Fsp3) is 0.500. The van der Waals surface area contributed by atoms with Crippen molar-refractivity contribution in [1.29, 1.82) is 0 Å². The normalized spacial score (nSPS) is 10.4. The largest absolute Gasteiger partial charge is 0.491 e. The van der Waals surface area contributed by atoms with Crippen LogP contribution in [0.2, 0.25) is 0 Å². The van der Waals surface area contributed by atoms with E-state index in [-0.39, 0.29) is 5.82 Å². The smallest absolute Gasteiger partial charge is 0.166 e. The molecule has 0 fully saturated rings. The van der Waals surface area contributed by atoms with E-state index >= 15 is 0 Å². The van der Waals surface area contributed by atoms with Gasteiger partial charge in [-0.25, -0.2) is 4.39 Å². The zero-order valence-electron chi connectivity index (χ0n) is 9.15. The minimum Gasteiger partial charge on any atom is -0.491 e. The van der Waals surface area contributed by atoms with Crippen LogP contribution in [0, 0.1) is 5.82 Å². The Kier molecular flexibility index (Phi) is 5.09. The number of benzene rings is 1. The Morgan fingerprint density at radius 3 is 2.67 bits per heavy atom. The molecule has 0 amide bonds. The van der Waals surface area contributed by atoms with Crippen LogP contribution >= 0.6 is 15.9 Å². The summed E-state index contributed by atoms with van der Waals surface area (Å²) in [6.07, 6.45) is 2.88. The van der Waals surface area contributed by atoms with Gasteiger partial charge in [0.2, 0.25) is 0 Å². The summed E-state index contributed by atoms with van der Waals surface area (Å²) in [5.74, 6) is 0.0682. The molecule has 0 aliphatic heterocycles. The lowest BCUT2D eigenvalue weighted by atomic mass is 10.1. The average Bonchev–Trinajstić information content (AvgIpc) is 2.21. The second-order valence-corrected chi connectivity index (χ2v) is 4.28. The van der Waals surface area contributed by atoms with Crippen LogP contribution in [-0.4, -0.2) is 6.61 Å². The number of unbranched alkanes of at least 4 members (excludes halogenated alkanes) is 1. The van der Waals surface area contributed by atoms with Gasteiger partial charge in [0.15, 0.2) is 11.6 Å². The molecule has 1 nitrogen and oxygen atoms in total. The minimum atomic E-state index is -0.296. The van der Waals surface area contributed by atoms with E-state index in [2.05, 4.69) is 22.9 Å². The van der Waals surface area contributed by atoms with Gasteiger partial charge in [-0.05, 0) is 30.5 Å². The van der Waals surface area contributed by atoms with Gasteiger partial charge in [0.1, 0.15) is 0 Å². The molecule has 0 aliphatic carbocycles. The van der Waals surface area contributed by atoms with Crippen LogP contribution in [0.25, 0.3) is 0 Å². The molecular formula is C12H16BrFO. The summed E-state index contributed by atoms with van der Waals surface area (Å²) >= 11 is 3.33. The van der Waals surface area contributed by atoms with Crippen LogP contribution < -0.4 is 4.74 Å². The summed E-state index contributed by atoms with van der Waals surface area (Å²) in [4.78, 5) is 0. The first-order valence-electron chi connectivity index (χ1n) is 5.29. The molecule has 0 saturated heterocycles. The standard InChI is InChI=1S/C12H16BrFO/c1-3-5-6-15-12-7-9(4-2)10(13)8-11(12)14/h7-8H,3-6H2,1-2H3. The van der Waals surface area contributed by atoms with Gasteiger partial charge in [0.25, 0.3) is 0 Å². The number of ether oxygens (including phenoxy) is 1. The van der Waals surface area contributed by atoms with Crippen molar-refractivity contribution in [1.82, 2.24) is 0 Å². The predicted molar refractivity (Wildman–Crippen MR) is 63.9 cm³/mol. The van der Waals surface area contributed by atoms with E-state index < -0.39 is 0 Å². The van der Waals surface area contributed by atoms with Gasteiger partial charge in [-0.2, -0.15) is 0 Å². The molecule has 1 rings (SSSR count). The Morgan fingerprint density at radius 2 is 2.07 bits per heavy atom. The first-order valence-corrected chi connectivity index (χ1v) is 6.09. The number of rotatable bonds is 5. The first-order chi connectivity index (χ1) is 7.19. The van der Waals surface area contributed by atoms with Crippen molar-refractivity contribution < 1.29 is 9.13 Å². The second kappa shape index (κ2) is 6.11. The molecule has 0 bridgehead atoms. The molecule has 0 N–H and O–H groups in total. The summed E-state index contributed by atoms with van der Waals surface area (Å²) < 4.78 is 19.6. The molecule has 1 aromatic rings. The lowest BCUT2D eigenvalue weighted by Crippen LogP contribution is -2.00. The van der Waals surface area contributed by atoms with Crippen LogP contribution in [0.3, 0.4) is 0 Å². The molecule has 3 heteroatoms. The Hall–Kier alpha value is -0.570. The lowest BCUT2D eigenvalue weighted by Gasteiger charge is -2.09. The Balaban J connectivity index is 2.78. The van der Waals surface area contributed by atoms with E-state index in [1.807, 2.05) is 6.92 Å². The van der Waals surface area contributed by atoms with Crippen molar-refractivity contribution in [2.45, 2.75) is 33.1 Å². The van der Waals surface area contributed by atoms with Crippen molar-refractivity contribution in [2.24, 2.45) is 0 Å². The molecule has 0 spiro atoms. The zero-order valence-corrected chi connectivity index (χ0v) is 10.7. The molecular weight excluding hydrogens is 259 g/mol. The zero-order chi connectivity index (χ0) is 11.3. The molecule has 0 radical (unpaired) electrons. The molecule has 0 atom stereocenters. The molecule has 0 unspecified atom stereocenters. The maximum atomic E-state index is 13.4. The van der Waals surface area contributed by atoms with Gasteiger partial charge in [-0.15, -0.1) is 0 Å². The maximum Gasteiger partial charge on any atom is 0.166 e. The number of hydrogen-bond acceptors (Lipinski definition) is 1. The van der Waals surface area contributed by atoms with Crippen molar-refractivity contribution in [3.05, 3.63) is 28.0 Å². The van der Waals surface area contributed by atoms with Gasteiger partial charge >= 0.3 is 0 Å². The molecule has 0 saturated carbocycles. The van der Waals surface area contributed by atoms with Crippen LogP contribution in [0.5, 0.6) is 5.75 Å². The Morgan fingerprint density at radius 1 is 1.33 bits per heavy atom. The van der Waals surface area contributed by atoms with Gasteiger partial charge in [-0.1, -0.05) is 36.2 Å². The predicted octanol–water partition coefficient (Wildman–Crippen LogP) is 4.33. The highest BCUT2D eigenvalue weighted by Crippen LogP contribution is 2.26. The SMILES string of the molecule is CCCCOc1cc(CC)c(Br)cc1F. The summed E-state index contributed by atoms with van der Waals surface area (Å²) in [7, 11) is 0. The third kappa shape index (κ3) is 3.49. The number of hydrogen-bond donors (Lipinski definition) is 0. The van der Waals surface area contributed by atoms with E-state index in [0.717, 1.165) is 29.3 Å². The monoisotopic (exact) mass is 274 g/mol. The fourth-order valence-corrected chi connectivity index (χ4v) is 1.88. The van der Waals surface area contributed by atoms with E-state index in [9.17, 15) is 4.39 Å². The van der Waals surface area contributed by atoms with Gasteiger partial charge in [0.05, 0.1) is 6.61 Å². The molecule has 1 aromatic carbocycles. The quantitative estimate of drug-likeness (QED) is 0.727. The molecule has 15 heavy (non-hydrogen) atoms. The lowest BCUT2D eigenvalue weighted by molar-refractivity contribution is 0.294. The third-order valence-electron chi connectivity index (χ3n) is 2.24. The van der Waals surface area contributed by atoms with Gasteiger partial charge < -0.3 is 4.74 Å². The topological polar surface area (TPSA) is 9.23 Å². The highest BCUT2D eigenvalue weighted by molar-refractivity contribution is 9.10. The van der Waals surface area contributed by atoms with Crippen LogP contribution in [0.15, 0.2) is 16.6 Å². The second-order valence-electron chi connectivity index (χ2n) is 3.43. The van der Waals surface area contributed by atoms with Crippen LogP contribution in [0.4, 0.5) is 4.39 Å². The average molecular weight is 275 g/mol. The Bertz CT molecular complexity index is 326. The van der Waals surface area contributed by atoms with E-state index in [1.165, 1.54) is 6.07 Å². The van der Waals surface area contributed by atoms with Crippen LogP contribution in [-0.2, 0) is 6.42 Å². The fourth-order valence-electron chi connectivity index (χ4n) is 1.28. The summed E-state index contributed by atoms with van der Waals surface area (Å²) in [5, 5.41) is 0. The number of halogens is 2. The van der Waals surface area contributed by atoms with Crippen molar-refractivity contribution in [2.75, 3.05) is 6.61 Å². The van der Waals surface area contributed by atoms with Gasteiger partial charge in [0, 0.05) is 4.47 Å². The molecule has 84 valence electrons. The van der Waals surface area contributed by atoms with Gasteiger partial charge in [-0.3, -0.25) is 0 Å². The van der Waals surface area contributed by atoms with Crippen LogP contribution in [0.1, 0.15) is 32.3 Å². The Labute approximate surface area is 98.8 Å². The minimum absolute atomic E-state index is 0.296. The summed E-state index contributed by atoms with van der Waals surface area (Å²) in [6, 6.07) is 3.25. The maximum absolute atomic E-state index is 13.4. The van der Waals surface area contributed by atoms with E-state index in [1.54, 1.807) is 6.07 Å². The third-order valence-corrected chi connectivity index (χ3v) is 2.98. The number of aryl methyl sites for hydroxylation is 1. The molecule has 0 aliphatic rings. The summed E-state index contributed by atoms with van der Waals surface area (Å²) in [6.45, 7) is 4.70. The molecule has 0 aromatic heterocycles. The first kappa shape index (κ1) is 12.5. The van der Waals surface area contributed by atoms with Crippen molar-refractivity contribution in [3.8, 4) is 5.75 Å². The van der Waals surface area contributed by atoms with E-state index in [0.29, 0.717) is 12.4 Å². The summed E-state index contributed by atoms with van der Waals surface area (Å²) in [5.41, 5.74) is 1.07. The molecule has 0 heterocycles.